The maximum atomic E-state index is 10.7. The second-order valence-electron chi connectivity index (χ2n) is 3.67. The predicted octanol–water partition coefficient (Wildman–Crippen LogP) is 2.44. The second kappa shape index (κ2) is 5.68. The van der Waals surface area contributed by atoms with Crippen molar-refractivity contribution < 1.29 is 14.4 Å². The molecule has 1 aromatic carbocycles. The Balaban J connectivity index is 2.01. The number of rotatable bonds is 5. The highest BCUT2D eigenvalue weighted by Gasteiger charge is 2.14. The van der Waals surface area contributed by atoms with Gasteiger partial charge in [-0.05, 0) is 6.92 Å². The van der Waals surface area contributed by atoms with Gasteiger partial charge in [0, 0.05) is 5.56 Å². The van der Waals surface area contributed by atoms with E-state index in [1.807, 2.05) is 30.3 Å². The Labute approximate surface area is 108 Å². The number of hydrogen-bond acceptors (Lipinski definition) is 5. The van der Waals surface area contributed by atoms with E-state index in [-0.39, 0.29) is 0 Å². The first-order chi connectivity index (χ1) is 8.66. The molecule has 0 amide bonds. The smallest absolute Gasteiger partial charge is 0.316 e. The molecule has 0 radical (unpaired) electrons. The summed E-state index contributed by atoms with van der Waals surface area (Å²) in [5, 5.41) is 12.1. The van der Waals surface area contributed by atoms with E-state index in [0.29, 0.717) is 17.5 Å². The van der Waals surface area contributed by atoms with Gasteiger partial charge in [0.1, 0.15) is 0 Å². The van der Waals surface area contributed by atoms with E-state index in [4.69, 9.17) is 9.63 Å². The largest absolute Gasteiger partial charge is 0.480 e. The summed E-state index contributed by atoms with van der Waals surface area (Å²) in [6.07, 6.45) is 0. The van der Waals surface area contributed by atoms with Crippen LogP contribution in [-0.4, -0.2) is 26.5 Å². The molecule has 1 unspecified atom stereocenters. The molecule has 0 aliphatic heterocycles. The van der Waals surface area contributed by atoms with Crippen LogP contribution in [0.5, 0.6) is 0 Å². The van der Waals surface area contributed by atoms with Crippen molar-refractivity contribution in [2.45, 2.75) is 17.9 Å². The van der Waals surface area contributed by atoms with Crippen LogP contribution in [0.4, 0.5) is 0 Å². The fraction of sp³-hybridized carbons (Fsp3) is 0.250. The van der Waals surface area contributed by atoms with Crippen LogP contribution in [-0.2, 0) is 10.5 Å². The zero-order valence-corrected chi connectivity index (χ0v) is 10.6. The van der Waals surface area contributed by atoms with E-state index < -0.39 is 11.2 Å². The molecule has 94 valence electrons. The quantitative estimate of drug-likeness (QED) is 0.893. The van der Waals surface area contributed by atoms with Gasteiger partial charge >= 0.3 is 5.97 Å². The standard InChI is InChI=1S/C12H12N2O3S/c1-8(12(15)16)18-7-10-13-11(14-17-10)9-5-3-2-4-6-9/h2-6,8H,7H2,1H3,(H,15,16). The lowest BCUT2D eigenvalue weighted by molar-refractivity contribution is -0.136. The highest BCUT2D eigenvalue weighted by atomic mass is 32.2. The van der Waals surface area contributed by atoms with E-state index in [0.717, 1.165) is 5.56 Å². The summed E-state index contributed by atoms with van der Waals surface area (Å²) in [7, 11) is 0. The van der Waals surface area contributed by atoms with Crippen LogP contribution >= 0.6 is 11.8 Å². The molecule has 0 bridgehead atoms. The van der Waals surface area contributed by atoms with Crippen LogP contribution in [0.25, 0.3) is 11.4 Å². The van der Waals surface area contributed by atoms with Crippen LogP contribution in [0.1, 0.15) is 12.8 Å². The van der Waals surface area contributed by atoms with Gasteiger partial charge in [0.2, 0.25) is 11.7 Å². The van der Waals surface area contributed by atoms with Crippen LogP contribution < -0.4 is 0 Å². The number of thioether (sulfide) groups is 1. The molecular formula is C12H12N2O3S. The van der Waals surface area contributed by atoms with Crippen LogP contribution in [0.2, 0.25) is 0 Å². The molecule has 0 fully saturated rings. The second-order valence-corrected chi connectivity index (χ2v) is 5.00. The van der Waals surface area contributed by atoms with E-state index in [1.165, 1.54) is 11.8 Å². The Morgan fingerprint density at radius 1 is 1.44 bits per heavy atom. The Hall–Kier alpha value is -1.82. The molecule has 2 rings (SSSR count). The number of carboxylic acids is 1. The molecule has 0 saturated carbocycles. The number of carbonyl (C=O) groups is 1. The summed E-state index contributed by atoms with van der Waals surface area (Å²) >= 11 is 1.25. The van der Waals surface area contributed by atoms with Gasteiger partial charge in [0.25, 0.3) is 0 Å². The predicted molar refractivity (Wildman–Crippen MR) is 68.1 cm³/mol. The molecular weight excluding hydrogens is 252 g/mol. The van der Waals surface area contributed by atoms with Gasteiger partial charge in [-0.25, -0.2) is 0 Å². The van der Waals surface area contributed by atoms with Gasteiger partial charge in [-0.3, -0.25) is 4.79 Å². The Kier molecular flexibility index (Phi) is 3.99. The summed E-state index contributed by atoms with van der Waals surface area (Å²) < 4.78 is 5.07. The van der Waals surface area contributed by atoms with Gasteiger partial charge in [0.05, 0.1) is 11.0 Å². The van der Waals surface area contributed by atoms with Crippen molar-refractivity contribution in [2.24, 2.45) is 0 Å². The summed E-state index contributed by atoms with van der Waals surface area (Å²) in [6, 6.07) is 9.48. The molecule has 1 N–H and O–H groups in total. The van der Waals surface area contributed by atoms with Crippen molar-refractivity contribution >= 4 is 17.7 Å². The van der Waals surface area contributed by atoms with E-state index in [9.17, 15) is 4.79 Å². The van der Waals surface area contributed by atoms with Crippen LogP contribution in [0.15, 0.2) is 34.9 Å². The Bertz CT molecular complexity index is 527. The number of carboxylic acid groups (broad SMARTS) is 1. The molecule has 2 aromatic rings. The highest BCUT2D eigenvalue weighted by molar-refractivity contribution is 7.99. The fourth-order valence-electron chi connectivity index (χ4n) is 1.29. The normalized spacial score (nSPS) is 12.3. The molecule has 0 saturated heterocycles. The first-order valence-corrected chi connectivity index (χ1v) is 6.44. The lowest BCUT2D eigenvalue weighted by Crippen LogP contribution is -2.11. The third kappa shape index (κ3) is 3.10. The lowest BCUT2D eigenvalue weighted by atomic mass is 10.2. The lowest BCUT2D eigenvalue weighted by Gasteiger charge is -2.01. The van der Waals surface area contributed by atoms with Crippen molar-refractivity contribution in [3.05, 3.63) is 36.2 Å². The summed E-state index contributed by atoms with van der Waals surface area (Å²) in [5.41, 5.74) is 0.879. The summed E-state index contributed by atoms with van der Waals surface area (Å²) in [4.78, 5) is 14.9. The molecule has 1 atom stereocenters. The number of aromatic nitrogens is 2. The zero-order chi connectivity index (χ0) is 13.0. The minimum absolute atomic E-state index is 0.396. The van der Waals surface area contributed by atoms with E-state index in [1.54, 1.807) is 6.92 Å². The van der Waals surface area contributed by atoms with Crippen molar-refractivity contribution in [3.63, 3.8) is 0 Å². The van der Waals surface area contributed by atoms with E-state index in [2.05, 4.69) is 10.1 Å². The maximum Gasteiger partial charge on any atom is 0.316 e. The first-order valence-electron chi connectivity index (χ1n) is 5.39. The number of benzene rings is 1. The molecule has 18 heavy (non-hydrogen) atoms. The minimum Gasteiger partial charge on any atom is -0.480 e. The summed E-state index contributed by atoms with van der Waals surface area (Å²) in [5.74, 6) is 0.511. The monoisotopic (exact) mass is 264 g/mol. The van der Waals surface area contributed by atoms with Crippen molar-refractivity contribution in [1.29, 1.82) is 0 Å². The van der Waals surface area contributed by atoms with E-state index >= 15 is 0 Å². The summed E-state index contributed by atoms with van der Waals surface area (Å²) in [6.45, 7) is 1.63. The third-order valence-electron chi connectivity index (χ3n) is 2.30. The Morgan fingerprint density at radius 3 is 2.83 bits per heavy atom. The van der Waals surface area contributed by atoms with Crippen LogP contribution in [0, 0.1) is 0 Å². The molecule has 1 aromatic heterocycles. The molecule has 5 nitrogen and oxygen atoms in total. The van der Waals surface area contributed by atoms with Gasteiger partial charge in [-0.2, -0.15) is 4.98 Å². The van der Waals surface area contributed by atoms with Crippen molar-refractivity contribution in [2.75, 3.05) is 0 Å². The van der Waals surface area contributed by atoms with Gasteiger partial charge in [-0.15, -0.1) is 11.8 Å². The van der Waals surface area contributed by atoms with Gasteiger partial charge in [-0.1, -0.05) is 35.5 Å². The molecule has 0 aliphatic rings. The zero-order valence-electron chi connectivity index (χ0n) is 9.74. The van der Waals surface area contributed by atoms with Gasteiger partial charge < -0.3 is 9.63 Å². The maximum absolute atomic E-state index is 10.7. The molecule has 6 heteroatoms. The number of hydrogen-bond donors (Lipinski definition) is 1. The van der Waals surface area contributed by atoms with Gasteiger partial charge in [0.15, 0.2) is 0 Å². The third-order valence-corrected chi connectivity index (χ3v) is 3.42. The number of nitrogens with zero attached hydrogens (tertiary/aromatic N) is 2. The molecule has 0 spiro atoms. The average molecular weight is 264 g/mol. The highest BCUT2D eigenvalue weighted by Crippen LogP contribution is 2.20. The first kappa shape index (κ1) is 12.6. The average Bonchev–Trinajstić information content (AvgIpc) is 2.85. The molecule has 0 aliphatic carbocycles. The van der Waals surface area contributed by atoms with Crippen molar-refractivity contribution in [3.8, 4) is 11.4 Å². The number of aliphatic carboxylic acids is 1. The topological polar surface area (TPSA) is 76.2 Å². The van der Waals surface area contributed by atoms with Crippen molar-refractivity contribution in [1.82, 2.24) is 10.1 Å². The fourth-order valence-corrected chi connectivity index (χ4v) is 1.94. The SMILES string of the molecule is CC(SCc1nc(-c2ccccc2)no1)C(=O)O. The Morgan fingerprint density at radius 2 is 2.17 bits per heavy atom. The molecule has 1 heterocycles. The van der Waals surface area contributed by atoms with Crippen LogP contribution in [0.3, 0.4) is 0 Å². The minimum atomic E-state index is -0.845.